The van der Waals surface area contributed by atoms with Crippen molar-refractivity contribution in [3.63, 3.8) is 0 Å². The Labute approximate surface area is 193 Å². The van der Waals surface area contributed by atoms with Crippen molar-refractivity contribution in [2.45, 2.75) is 27.7 Å². The van der Waals surface area contributed by atoms with Crippen LogP contribution < -0.4 is 0 Å². The van der Waals surface area contributed by atoms with Crippen LogP contribution in [0.4, 0.5) is 0 Å². The summed E-state index contributed by atoms with van der Waals surface area (Å²) in [4.78, 5) is 25.0. The number of aromatic hydroxyl groups is 6. The number of hydrogen-bond donors (Lipinski definition) is 6. The van der Waals surface area contributed by atoms with E-state index in [1.54, 1.807) is 13.8 Å². The molecule has 0 fully saturated rings. The number of carbonyl (C=O) groups is 2. The molecular weight excluding hydrogens is 440 g/mol. The Hall–Kier alpha value is -4.46. The predicted molar refractivity (Wildman–Crippen MR) is 126 cm³/mol. The molecule has 8 nitrogen and oxygen atoms in total. The van der Waals surface area contributed by atoms with Crippen molar-refractivity contribution in [3.05, 3.63) is 46.5 Å². The van der Waals surface area contributed by atoms with E-state index < -0.39 is 34.6 Å². The smallest absolute Gasteiger partial charge is 0.163 e. The van der Waals surface area contributed by atoms with Gasteiger partial charge in [-0.3, -0.25) is 9.59 Å². The molecule has 0 aliphatic heterocycles. The van der Waals surface area contributed by atoms with E-state index in [1.165, 1.54) is 26.0 Å². The number of rotatable bonds is 3. The molecule has 4 rings (SSSR count). The van der Waals surface area contributed by atoms with Crippen LogP contribution in [-0.4, -0.2) is 42.2 Å². The number of phenols is 6. The van der Waals surface area contributed by atoms with Crippen molar-refractivity contribution in [2.75, 3.05) is 0 Å². The van der Waals surface area contributed by atoms with Crippen molar-refractivity contribution in [2.24, 2.45) is 0 Å². The van der Waals surface area contributed by atoms with Crippen LogP contribution in [0.3, 0.4) is 0 Å². The lowest BCUT2D eigenvalue weighted by Gasteiger charge is -2.22. The third-order valence-electron chi connectivity index (χ3n) is 6.14. The largest absolute Gasteiger partial charge is 0.508 e. The molecule has 4 aromatic rings. The molecular formula is C26H22O8. The summed E-state index contributed by atoms with van der Waals surface area (Å²) in [5.74, 6) is -3.53. The van der Waals surface area contributed by atoms with Crippen molar-refractivity contribution in [1.29, 1.82) is 0 Å². The van der Waals surface area contributed by atoms with Gasteiger partial charge in [0.05, 0.1) is 21.9 Å². The summed E-state index contributed by atoms with van der Waals surface area (Å²) in [6.45, 7) is 5.60. The molecule has 0 heterocycles. The molecule has 0 aliphatic carbocycles. The van der Waals surface area contributed by atoms with Gasteiger partial charge < -0.3 is 30.6 Å². The fraction of sp³-hybridized carbons (Fsp3) is 0.154. The zero-order valence-electron chi connectivity index (χ0n) is 18.8. The Morgan fingerprint density at radius 3 is 1.21 bits per heavy atom. The molecule has 0 spiro atoms. The topological polar surface area (TPSA) is 156 Å². The Kier molecular flexibility index (Phi) is 5.05. The van der Waals surface area contributed by atoms with Gasteiger partial charge in [0.1, 0.15) is 34.5 Å². The average molecular weight is 462 g/mol. The van der Waals surface area contributed by atoms with E-state index in [1.807, 2.05) is 0 Å². The minimum absolute atomic E-state index is 0.0853. The molecule has 8 heteroatoms. The normalized spacial score (nSPS) is 11.3. The van der Waals surface area contributed by atoms with Crippen LogP contribution in [0.1, 0.15) is 45.7 Å². The second-order valence-electron chi connectivity index (χ2n) is 8.33. The minimum Gasteiger partial charge on any atom is -0.508 e. The van der Waals surface area contributed by atoms with Gasteiger partial charge in [0, 0.05) is 22.9 Å². The predicted octanol–water partition coefficient (Wildman–Crippen LogP) is 4.92. The average Bonchev–Trinajstić information content (AvgIpc) is 2.68. The Morgan fingerprint density at radius 1 is 0.588 bits per heavy atom. The zero-order valence-corrected chi connectivity index (χ0v) is 18.8. The molecule has 0 radical (unpaired) electrons. The standard InChI is InChI=1S/C26H22O8/c1-9-19(11(3)27)25(33)23-15(5-13(29)7-17(23)31)21(9)22-10(2)20(12(4)28)26(34)24-16(22)6-14(30)8-18(24)32/h5-8,29-34H,1-4H3. The van der Waals surface area contributed by atoms with Crippen LogP contribution in [0.15, 0.2) is 24.3 Å². The third-order valence-corrected chi connectivity index (χ3v) is 6.14. The molecule has 0 aliphatic rings. The van der Waals surface area contributed by atoms with E-state index >= 15 is 0 Å². The van der Waals surface area contributed by atoms with Gasteiger partial charge in [-0.25, -0.2) is 0 Å². The van der Waals surface area contributed by atoms with E-state index in [0.29, 0.717) is 0 Å². The first-order valence-corrected chi connectivity index (χ1v) is 10.3. The zero-order chi connectivity index (χ0) is 25.2. The lowest BCUT2D eigenvalue weighted by atomic mass is 9.82. The van der Waals surface area contributed by atoms with Gasteiger partial charge in [-0.1, -0.05) is 0 Å². The highest BCUT2D eigenvalue weighted by Gasteiger charge is 2.28. The number of carbonyl (C=O) groups excluding carboxylic acids is 2. The number of benzene rings is 4. The van der Waals surface area contributed by atoms with Gasteiger partial charge in [-0.05, 0) is 62.1 Å². The Balaban J connectivity index is 2.43. The highest BCUT2D eigenvalue weighted by Crippen LogP contribution is 2.51. The molecule has 34 heavy (non-hydrogen) atoms. The van der Waals surface area contributed by atoms with Crippen molar-refractivity contribution in [3.8, 4) is 45.6 Å². The summed E-state index contributed by atoms with van der Waals surface area (Å²) >= 11 is 0. The van der Waals surface area contributed by atoms with Crippen LogP contribution in [0, 0.1) is 13.8 Å². The highest BCUT2D eigenvalue weighted by molar-refractivity contribution is 6.19. The minimum atomic E-state index is -0.496. The van der Waals surface area contributed by atoms with E-state index in [-0.39, 0.29) is 66.4 Å². The summed E-state index contributed by atoms with van der Waals surface area (Å²) < 4.78 is 0. The molecule has 0 aromatic heterocycles. The summed E-state index contributed by atoms with van der Waals surface area (Å²) in [6, 6.07) is 4.61. The van der Waals surface area contributed by atoms with Crippen LogP contribution in [-0.2, 0) is 0 Å². The lowest BCUT2D eigenvalue weighted by Crippen LogP contribution is -2.05. The van der Waals surface area contributed by atoms with E-state index in [4.69, 9.17) is 0 Å². The fourth-order valence-corrected chi connectivity index (χ4v) is 4.88. The summed E-state index contributed by atoms with van der Waals surface area (Å²) in [5, 5.41) is 63.4. The lowest BCUT2D eigenvalue weighted by molar-refractivity contribution is 0.100. The first-order chi connectivity index (χ1) is 15.9. The molecule has 0 saturated heterocycles. The van der Waals surface area contributed by atoms with E-state index in [0.717, 1.165) is 12.1 Å². The van der Waals surface area contributed by atoms with Crippen LogP contribution >= 0.6 is 0 Å². The third kappa shape index (κ3) is 3.07. The number of ketones is 2. The van der Waals surface area contributed by atoms with E-state index in [9.17, 15) is 40.2 Å². The van der Waals surface area contributed by atoms with Crippen LogP contribution in [0.5, 0.6) is 34.5 Å². The van der Waals surface area contributed by atoms with Gasteiger partial charge in [0.2, 0.25) is 0 Å². The van der Waals surface area contributed by atoms with E-state index in [2.05, 4.69) is 0 Å². The molecule has 0 amide bonds. The molecule has 0 bridgehead atoms. The quantitative estimate of drug-likeness (QED) is 0.234. The first-order valence-electron chi connectivity index (χ1n) is 10.3. The Bertz CT molecular complexity index is 1460. The number of Topliss-reactive ketones (excluding diaryl/α,β-unsaturated/α-hetero) is 2. The molecule has 4 aromatic carbocycles. The monoisotopic (exact) mass is 462 g/mol. The first kappa shape index (κ1) is 22.7. The SMILES string of the molecule is CC(=O)c1c(C)c(-c2c(C)c(C(C)=O)c(O)c3c(O)cc(O)cc23)c2cc(O)cc(O)c2c1O. The van der Waals surface area contributed by atoms with Crippen LogP contribution in [0.25, 0.3) is 32.7 Å². The van der Waals surface area contributed by atoms with Gasteiger partial charge in [0.15, 0.2) is 11.6 Å². The second kappa shape index (κ2) is 7.55. The highest BCUT2D eigenvalue weighted by atomic mass is 16.3. The van der Waals surface area contributed by atoms with Gasteiger partial charge in [-0.2, -0.15) is 0 Å². The molecule has 6 N–H and O–H groups in total. The maximum absolute atomic E-state index is 12.5. The maximum Gasteiger partial charge on any atom is 0.163 e. The summed E-state index contributed by atoms with van der Waals surface area (Å²) in [5.41, 5.74) is 0.902. The molecule has 0 saturated carbocycles. The molecule has 174 valence electrons. The molecule has 0 unspecified atom stereocenters. The summed E-state index contributed by atoms with van der Waals surface area (Å²) in [7, 11) is 0. The molecule has 0 atom stereocenters. The van der Waals surface area contributed by atoms with Crippen molar-refractivity contribution >= 4 is 33.1 Å². The maximum atomic E-state index is 12.5. The van der Waals surface area contributed by atoms with Gasteiger partial charge in [0.25, 0.3) is 0 Å². The van der Waals surface area contributed by atoms with Crippen LogP contribution in [0.2, 0.25) is 0 Å². The number of phenolic OH excluding ortho intramolecular Hbond substituents is 6. The van der Waals surface area contributed by atoms with Crippen molar-refractivity contribution in [1.82, 2.24) is 0 Å². The number of hydrogen-bond acceptors (Lipinski definition) is 8. The number of fused-ring (bicyclic) bond motifs is 2. The second-order valence-corrected chi connectivity index (χ2v) is 8.33. The summed E-state index contributed by atoms with van der Waals surface area (Å²) in [6.07, 6.45) is 0. The van der Waals surface area contributed by atoms with Gasteiger partial charge >= 0.3 is 0 Å². The van der Waals surface area contributed by atoms with Crippen molar-refractivity contribution < 1.29 is 40.2 Å². The fourth-order valence-electron chi connectivity index (χ4n) is 4.88. The van der Waals surface area contributed by atoms with Gasteiger partial charge in [-0.15, -0.1) is 0 Å². The Morgan fingerprint density at radius 2 is 0.912 bits per heavy atom.